The fourth-order valence-corrected chi connectivity index (χ4v) is 3.40. The molecule has 0 aromatic carbocycles. The summed E-state index contributed by atoms with van der Waals surface area (Å²) in [4.78, 5) is 18.9. The normalized spacial score (nSPS) is 18.3. The van der Waals surface area contributed by atoms with Gasteiger partial charge in [-0.25, -0.2) is 4.98 Å². The number of aryl methyl sites for hydroxylation is 2. The van der Waals surface area contributed by atoms with Gasteiger partial charge in [0.25, 0.3) is 0 Å². The van der Waals surface area contributed by atoms with Gasteiger partial charge in [-0.2, -0.15) is 5.10 Å². The second-order valence-corrected chi connectivity index (χ2v) is 6.27. The average Bonchev–Trinajstić information content (AvgIpc) is 3.24. The third-order valence-corrected chi connectivity index (χ3v) is 4.62. The molecule has 6 heteroatoms. The Hall–Kier alpha value is -2.11. The Balaban J connectivity index is 1.50. The van der Waals surface area contributed by atoms with Crippen molar-refractivity contribution in [3.63, 3.8) is 0 Å². The first-order valence-corrected chi connectivity index (χ1v) is 8.52. The number of hydrogen-bond acceptors (Lipinski definition) is 3. The van der Waals surface area contributed by atoms with Gasteiger partial charge >= 0.3 is 0 Å². The van der Waals surface area contributed by atoms with Gasteiger partial charge < -0.3 is 9.47 Å². The number of carbonyl (C=O) groups is 1. The first-order valence-electron chi connectivity index (χ1n) is 8.52. The molecule has 1 amide bonds. The number of imidazole rings is 1. The number of carbonyl (C=O) groups excluding carboxylic acids is 1. The lowest BCUT2D eigenvalue weighted by Gasteiger charge is -2.32. The van der Waals surface area contributed by atoms with Crippen LogP contribution in [0.15, 0.2) is 24.7 Å². The zero-order valence-corrected chi connectivity index (χ0v) is 13.7. The van der Waals surface area contributed by atoms with Crippen LogP contribution in [0, 0.1) is 5.92 Å². The number of hydrogen-bond donors (Lipinski definition) is 1. The minimum absolute atomic E-state index is 0.259. The summed E-state index contributed by atoms with van der Waals surface area (Å²) in [5.74, 6) is 1.84. The van der Waals surface area contributed by atoms with Crippen LogP contribution in [0.5, 0.6) is 0 Å². The molecule has 0 unspecified atom stereocenters. The van der Waals surface area contributed by atoms with E-state index < -0.39 is 0 Å². The van der Waals surface area contributed by atoms with Gasteiger partial charge in [-0.05, 0) is 31.2 Å². The number of likely N-dealkylation sites (tertiary alicyclic amines) is 1. The van der Waals surface area contributed by atoms with Crippen LogP contribution < -0.4 is 0 Å². The van der Waals surface area contributed by atoms with E-state index in [-0.39, 0.29) is 5.91 Å². The molecule has 3 rings (SSSR count). The summed E-state index contributed by atoms with van der Waals surface area (Å²) < 4.78 is 2.09. The van der Waals surface area contributed by atoms with E-state index in [0.29, 0.717) is 12.3 Å². The Labute approximate surface area is 136 Å². The summed E-state index contributed by atoms with van der Waals surface area (Å²) in [6.07, 6.45) is 10.3. The molecule has 1 aliphatic rings. The fourth-order valence-electron chi connectivity index (χ4n) is 3.40. The Morgan fingerprint density at radius 2 is 2.35 bits per heavy atom. The van der Waals surface area contributed by atoms with E-state index in [0.717, 1.165) is 50.4 Å². The van der Waals surface area contributed by atoms with Gasteiger partial charge in [0.15, 0.2) is 0 Å². The zero-order chi connectivity index (χ0) is 16.1. The predicted molar refractivity (Wildman–Crippen MR) is 87.8 cm³/mol. The molecule has 0 spiro atoms. The van der Waals surface area contributed by atoms with Gasteiger partial charge in [0.05, 0.1) is 0 Å². The number of H-pyrrole nitrogens is 1. The monoisotopic (exact) mass is 315 g/mol. The lowest BCUT2D eigenvalue weighted by atomic mass is 9.93. The van der Waals surface area contributed by atoms with Crippen molar-refractivity contribution >= 4 is 5.91 Å². The van der Waals surface area contributed by atoms with Crippen LogP contribution in [0.4, 0.5) is 0 Å². The summed E-state index contributed by atoms with van der Waals surface area (Å²) >= 11 is 0. The predicted octanol–water partition coefficient (Wildman–Crippen LogP) is 2.04. The Morgan fingerprint density at radius 1 is 1.43 bits per heavy atom. The molecular weight excluding hydrogens is 290 g/mol. The highest BCUT2D eigenvalue weighted by Crippen LogP contribution is 2.20. The molecule has 0 bridgehead atoms. The second-order valence-electron chi connectivity index (χ2n) is 6.27. The third kappa shape index (κ3) is 4.00. The first kappa shape index (κ1) is 15.8. The highest BCUT2D eigenvalue weighted by molar-refractivity contribution is 5.76. The maximum Gasteiger partial charge on any atom is 0.224 e. The van der Waals surface area contributed by atoms with Crippen molar-refractivity contribution in [3.8, 4) is 0 Å². The van der Waals surface area contributed by atoms with Crippen LogP contribution in [-0.2, 0) is 24.2 Å². The summed E-state index contributed by atoms with van der Waals surface area (Å²) in [5, 5.41) is 7.02. The summed E-state index contributed by atoms with van der Waals surface area (Å²) in [7, 11) is 0. The van der Waals surface area contributed by atoms with Gasteiger partial charge in [0, 0.05) is 56.8 Å². The topological polar surface area (TPSA) is 66.8 Å². The van der Waals surface area contributed by atoms with E-state index in [1.54, 1.807) is 6.20 Å². The van der Waals surface area contributed by atoms with Crippen molar-refractivity contribution in [1.82, 2.24) is 24.6 Å². The number of aromatic amines is 1. The van der Waals surface area contributed by atoms with Crippen molar-refractivity contribution < 1.29 is 4.79 Å². The minimum Gasteiger partial charge on any atom is -0.342 e. The molecule has 1 saturated heterocycles. The van der Waals surface area contributed by atoms with Crippen molar-refractivity contribution in [1.29, 1.82) is 0 Å². The molecule has 6 nitrogen and oxygen atoms in total. The highest BCUT2D eigenvalue weighted by Gasteiger charge is 2.24. The largest absolute Gasteiger partial charge is 0.342 e. The quantitative estimate of drug-likeness (QED) is 0.887. The molecule has 3 heterocycles. The molecule has 1 N–H and O–H groups in total. The van der Waals surface area contributed by atoms with Gasteiger partial charge in [-0.15, -0.1) is 0 Å². The van der Waals surface area contributed by atoms with Gasteiger partial charge in [0.2, 0.25) is 5.91 Å². The third-order valence-electron chi connectivity index (χ3n) is 4.62. The number of nitrogens with zero attached hydrogens (tertiary/aromatic N) is 4. The fraction of sp³-hybridized carbons (Fsp3) is 0.588. The second kappa shape index (κ2) is 7.44. The highest BCUT2D eigenvalue weighted by atomic mass is 16.2. The standard InChI is InChI=1S/C17H25N5O/c1-2-16-18-8-11-21(16)10-6-17(23)22-9-3-4-14(13-22)12-15-5-7-19-20-15/h5,7-8,11,14H,2-4,6,9-10,12-13H2,1H3,(H,19,20)/t14-/m0/s1. The summed E-state index contributed by atoms with van der Waals surface area (Å²) in [6, 6.07) is 2.02. The van der Waals surface area contributed by atoms with E-state index >= 15 is 0 Å². The maximum atomic E-state index is 12.5. The molecule has 2 aromatic heterocycles. The van der Waals surface area contributed by atoms with Crippen molar-refractivity contribution in [2.75, 3.05) is 13.1 Å². The van der Waals surface area contributed by atoms with Crippen LogP contribution in [-0.4, -0.2) is 43.6 Å². The van der Waals surface area contributed by atoms with E-state index in [2.05, 4.69) is 26.7 Å². The number of nitrogens with one attached hydrogen (secondary N) is 1. The average molecular weight is 315 g/mol. The number of amides is 1. The van der Waals surface area contributed by atoms with Gasteiger partial charge in [0.1, 0.15) is 5.82 Å². The number of rotatable bonds is 6. The number of aromatic nitrogens is 4. The molecule has 124 valence electrons. The molecular formula is C17H25N5O. The SMILES string of the molecule is CCc1nccn1CCC(=O)N1CCC[C@@H](Cc2ccn[nH]2)C1. The van der Waals surface area contributed by atoms with Gasteiger partial charge in [-0.3, -0.25) is 9.89 Å². The van der Waals surface area contributed by atoms with E-state index in [4.69, 9.17) is 0 Å². The molecule has 0 saturated carbocycles. The van der Waals surface area contributed by atoms with Crippen molar-refractivity contribution in [3.05, 3.63) is 36.2 Å². The zero-order valence-electron chi connectivity index (χ0n) is 13.7. The minimum atomic E-state index is 0.259. The van der Waals surface area contributed by atoms with Crippen LogP contribution in [0.2, 0.25) is 0 Å². The smallest absolute Gasteiger partial charge is 0.224 e. The number of piperidine rings is 1. The first-order chi connectivity index (χ1) is 11.3. The van der Waals surface area contributed by atoms with Gasteiger partial charge in [-0.1, -0.05) is 6.92 Å². The van der Waals surface area contributed by atoms with E-state index in [1.165, 1.54) is 6.42 Å². The maximum absolute atomic E-state index is 12.5. The molecule has 0 radical (unpaired) electrons. The van der Waals surface area contributed by atoms with E-state index in [9.17, 15) is 4.79 Å². The molecule has 2 aromatic rings. The lowest BCUT2D eigenvalue weighted by molar-refractivity contribution is -0.133. The van der Waals surface area contributed by atoms with Crippen LogP contribution >= 0.6 is 0 Å². The molecule has 1 fully saturated rings. The van der Waals surface area contributed by atoms with Crippen LogP contribution in [0.1, 0.15) is 37.7 Å². The molecule has 1 aliphatic heterocycles. The van der Waals surface area contributed by atoms with E-state index in [1.807, 2.05) is 23.4 Å². The molecule has 1 atom stereocenters. The van der Waals surface area contributed by atoms with Crippen molar-refractivity contribution in [2.24, 2.45) is 5.92 Å². The Kier molecular flexibility index (Phi) is 5.10. The molecule has 0 aliphatic carbocycles. The molecule has 23 heavy (non-hydrogen) atoms. The van der Waals surface area contributed by atoms with Crippen molar-refractivity contribution in [2.45, 2.75) is 45.6 Å². The Bertz CT molecular complexity index is 619. The van der Waals surface area contributed by atoms with Crippen LogP contribution in [0.25, 0.3) is 0 Å². The summed E-state index contributed by atoms with van der Waals surface area (Å²) in [6.45, 7) is 4.57. The van der Waals surface area contributed by atoms with Crippen LogP contribution in [0.3, 0.4) is 0 Å². The lowest BCUT2D eigenvalue weighted by Crippen LogP contribution is -2.40. The Morgan fingerprint density at radius 3 is 3.13 bits per heavy atom. The summed E-state index contributed by atoms with van der Waals surface area (Å²) in [5.41, 5.74) is 1.16.